The van der Waals surface area contributed by atoms with E-state index >= 15 is 0 Å². The molecule has 0 aromatic heterocycles. The van der Waals surface area contributed by atoms with Crippen molar-refractivity contribution in [3.8, 4) is 0 Å². The zero-order valence-electron chi connectivity index (χ0n) is 10.3. The van der Waals surface area contributed by atoms with Gasteiger partial charge in [-0.1, -0.05) is 19.3 Å². The molecule has 0 spiro atoms. The number of ether oxygens (including phenoxy) is 1. The summed E-state index contributed by atoms with van der Waals surface area (Å²) in [7, 11) is 0. The molecule has 16 heavy (non-hydrogen) atoms. The number of aliphatic hydroxyl groups is 1. The maximum Gasteiger partial charge on any atom is 0.322 e. The third kappa shape index (κ3) is 3.46. The molecule has 1 rings (SSSR count). The van der Waals surface area contributed by atoms with Crippen LogP contribution < -0.4 is 5.32 Å². The molecule has 0 aromatic carbocycles. The average molecular weight is 229 g/mol. The number of hydrogen-bond donors (Lipinski definition) is 2. The average Bonchev–Trinajstić information content (AvgIpc) is 2.30. The third-order valence-corrected chi connectivity index (χ3v) is 3.28. The molecule has 0 radical (unpaired) electrons. The Morgan fingerprint density at radius 3 is 2.56 bits per heavy atom. The number of carbonyl (C=O) groups is 1. The van der Waals surface area contributed by atoms with Gasteiger partial charge in [0.2, 0.25) is 0 Å². The van der Waals surface area contributed by atoms with Gasteiger partial charge in [0.25, 0.3) is 0 Å². The Morgan fingerprint density at radius 2 is 2.06 bits per heavy atom. The van der Waals surface area contributed by atoms with Crippen molar-refractivity contribution in [1.82, 2.24) is 5.32 Å². The number of aliphatic hydroxyl groups excluding tert-OH is 1. The topological polar surface area (TPSA) is 58.6 Å². The number of hydrogen-bond acceptors (Lipinski definition) is 4. The molecule has 0 amide bonds. The Morgan fingerprint density at radius 1 is 1.44 bits per heavy atom. The van der Waals surface area contributed by atoms with Crippen molar-refractivity contribution in [3.05, 3.63) is 0 Å². The second-order valence-electron chi connectivity index (χ2n) is 4.62. The van der Waals surface area contributed by atoms with Crippen LogP contribution in [-0.2, 0) is 9.53 Å². The lowest BCUT2D eigenvalue weighted by atomic mass is 9.82. The first-order valence-corrected chi connectivity index (χ1v) is 6.19. The Balaban J connectivity index is 2.51. The molecule has 1 saturated carbocycles. The standard InChI is InChI=1S/C12H23NO3/c1-3-16-11(15)10(2)13-12(9-14)7-5-4-6-8-12/h10,13-14H,3-9H2,1-2H3. The van der Waals surface area contributed by atoms with Crippen molar-refractivity contribution in [2.24, 2.45) is 0 Å². The molecule has 4 nitrogen and oxygen atoms in total. The van der Waals surface area contributed by atoms with Crippen LogP contribution in [0.5, 0.6) is 0 Å². The second-order valence-corrected chi connectivity index (χ2v) is 4.62. The van der Waals surface area contributed by atoms with Gasteiger partial charge in [-0.15, -0.1) is 0 Å². The van der Waals surface area contributed by atoms with Gasteiger partial charge in [-0.05, 0) is 26.7 Å². The van der Waals surface area contributed by atoms with Crippen LogP contribution >= 0.6 is 0 Å². The minimum Gasteiger partial charge on any atom is -0.465 e. The Kier molecular flexibility index (Phi) is 5.22. The van der Waals surface area contributed by atoms with Crippen LogP contribution in [0.4, 0.5) is 0 Å². The van der Waals surface area contributed by atoms with Gasteiger partial charge < -0.3 is 9.84 Å². The van der Waals surface area contributed by atoms with Crippen LogP contribution in [0.1, 0.15) is 46.0 Å². The fourth-order valence-corrected chi connectivity index (χ4v) is 2.36. The van der Waals surface area contributed by atoms with Crippen LogP contribution in [0.15, 0.2) is 0 Å². The number of nitrogens with one attached hydrogen (secondary N) is 1. The molecule has 0 aliphatic heterocycles. The van der Waals surface area contributed by atoms with Crippen molar-refractivity contribution in [3.63, 3.8) is 0 Å². The first kappa shape index (κ1) is 13.5. The lowest BCUT2D eigenvalue weighted by Crippen LogP contribution is -2.55. The highest BCUT2D eigenvalue weighted by Crippen LogP contribution is 2.28. The quantitative estimate of drug-likeness (QED) is 0.696. The van der Waals surface area contributed by atoms with Crippen LogP contribution in [-0.4, -0.2) is 35.9 Å². The minimum atomic E-state index is -0.342. The van der Waals surface area contributed by atoms with Gasteiger partial charge >= 0.3 is 5.97 Å². The molecule has 1 aliphatic carbocycles. The normalized spacial score (nSPS) is 21.4. The van der Waals surface area contributed by atoms with Crippen molar-refractivity contribution < 1.29 is 14.6 Å². The van der Waals surface area contributed by atoms with E-state index in [4.69, 9.17) is 4.74 Å². The molecule has 1 aliphatic rings. The van der Waals surface area contributed by atoms with Crippen LogP contribution in [0.25, 0.3) is 0 Å². The van der Waals surface area contributed by atoms with Gasteiger partial charge in [-0.25, -0.2) is 0 Å². The van der Waals surface area contributed by atoms with E-state index in [0.29, 0.717) is 6.61 Å². The number of esters is 1. The molecule has 0 aromatic rings. The largest absolute Gasteiger partial charge is 0.465 e. The van der Waals surface area contributed by atoms with E-state index in [9.17, 15) is 9.90 Å². The summed E-state index contributed by atoms with van der Waals surface area (Å²) in [6.07, 6.45) is 5.32. The summed E-state index contributed by atoms with van der Waals surface area (Å²) in [6.45, 7) is 4.09. The fourth-order valence-electron chi connectivity index (χ4n) is 2.36. The summed E-state index contributed by atoms with van der Waals surface area (Å²) in [6, 6.07) is -0.342. The van der Waals surface area contributed by atoms with Crippen molar-refractivity contribution in [1.29, 1.82) is 0 Å². The monoisotopic (exact) mass is 229 g/mol. The summed E-state index contributed by atoms with van der Waals surface area (Å²) in [5.74, 6) is -0.235. The van der Waals surface area contributed by atoms with Crippen LogP contribution in [0.2, 0.25) is 0 Å². The summed E-state index contributed by atoms with van der Waals surface area (Å²) < 4.78 is 4.95. The van der Waals surface area contributed by atoms with Gasteiger partial charge in [0.05, 0.1) is 13.2 Å². The number of carbonyl (C=O) groups excluding carboxylic acids is 1. The first-order chi connectivity index (χ1) is 7.63. The van der Waals surface area contributed by atoms with E-state index in [-0.39, 0.29) is 24.2 Å². The molecule has 94 valence electrons. The Hall–Kier alpha value is -0.610. The molecule has 2 N–H and O–H groups in total. The fraction of sp³-hybridized carbons (Fsp3) is 0.917. The molecule has 0 saturated heterocycles. The highest BCUT2D eigenvalue weighted by atomic mass is 16.5. The molecule has 4 heteroatoms. The van der Waals surface area contributed by atoms with Gasteiger partial charge in [0, 0.05) is 5.54 Å². The zero-order valence-corrected chi connectivity index (χ0v) is 10.3. The Bertz CT molecular complexity index is 224. The predicted octanol–water partition coefficient (Wildman–Crippen LogP) is 1.22. The molecule has 0 bridgehead atoms. The summed E-state index contributed by atoms with van der Waals surface area (Å²) in [5, 5.41) is 12.7. The summed E-state index contributed by atoms with van der Waals surface area (Å²) >= 11 is 0. The highest BCUT2D eigenvalue weighted by molar-refractivity contribution is 5.75. The molecule has 1 unspecified atom stereocenters. The molecule has 0 heterocycles. The van der Waals surface area contributed by atoms with Gasteiger partial charge in [-0.3, -0.25) is 10.1 Å². The van der Waals surface area contributed by atoms with Crippen LogP contribution in [0, 0.1) is 0 Å². The van der Waals surface area contributed by atoms with E-state index in [1.807, 2.05) is 0 Å². The number of rotatable bonds is 5. The van der Waals surface area contributed by atoms with Gasteiger partial charge in [0.1, 0.15) is 6.04 Å². The van der Waals surface area contributed by atoms with Crippen molar-refractivity contribution in [2.75, 3.05) is 13.2 Å². The lowest BCUT2D eigenvalue weighted by molar-refractivity contribution is -0.146. The van der Waals surface area contributed by atoms with E-state index in [1.165, 1.54) is 6.42 Å². The smallest absolute Gasteiger partial charge is 0.322 e. The van der Waals surface area contributed by atoms with Gasteiger partial charge in [-0.2, -0.15) is 0 Å². The molecular formula is C12H23NO3. The molecule has 1 atom stereocenters. The third-order valence-electron chi connectivity index (χ3n) is 3.28. The van der Waals surface area contributed by atoms with Gasteiger partial charge in [0.15, 0.2) is 0 Å². The maximum absolute atomic E-state index is 11.5. The SMILES string of the molecule is CCOC(=O)C(C)NC1(CO)CCCCC1. The highest BCUT2D eigenvalue weighted by Gasteiger charge is 2.34. The van der Waals surface area contributed by atoms with E-state index in [1.54, 1.807) is 13.8 Å². The first-order valence-electron chi connectivity index (χ1n) is 6.19. The summed E-state index contributed by atoms with van der Waals surface area (Å²) in [4.78, 5) is 11.5. The molecule has 1 fully saturated rings. The lowest BCUT2D eigenvalue weighted by Gasteiger charge is -2.38. The second kappa shape index (κ2) is 6.21. The summed E-state index contributed by atoms with van der Waals surface area (Å²) in [5.41, 5.74) is -0.273. The minimum absolute atomic E-state index is 0.0940. The van der Waals surface area contributed by atoms with E-state index < -0.39 is 0 Å². The molecular weight excluding hydrogens is 206 g/mol. The van der Waals surface area contributed by atoms with Crippen molar-refractivity contribution in [2.45, 2.75) is 57.5 Å². The maximum atomic E-state index is 11.5. The van der Waals surface area contributed by atoms with E-state index in [2.05, 4.69) is 5.32 Å². The zero-order chi connectivity index (χ0) is 12.0. The van der Waals surface area contributed by atoms with Crippen LogP contribution in [0.3, 0.4) is 0 Å². The predicted molar refractivity (Wildman–Crippen MR) is 62.1 cm³/mol. The van der Waals surface area contributed by atoms with Crippen molar-refractivity contribution >= 4 is 5.97 Å². The Labute approximate surface area is 97.4 Å². The van der Waals surface area contributed by atoms with E-state index in [0.717, 1.165) is 25.7 Å².